The van der Waals surface area contributed by atoms with Crippen LogP contribution in [-0.4, -0.2) is 36.8 Å². The van der Waals surface area contributed by atoms with E-state index in [2.05, 4.69) is 10.6 Å². The smallest absolute Gasteiger partial charge is 0.315 e. The first-order valence-electron chi connectivity index (χ1n) is 8.79. The first kappa shape index (κ1) is 16.7. The number of thiazole rings is 1. The summed E-state index contributed by atoms with van der Waals surface area (Å²) in [6.45, 7) is 0.705. The number of hydrogen-bond donors (Lipinski definition) is 2. The van der Waals surface area contributed by atoms with E-state index in [0.717, 1.165) is 38.5 Å². The van der Waals surface area contributed by atoms with Crippen LogP contribution in [-0.2, 0) is 24.0 Å². The molecule has 2 amide bonds. The number of carbonyl (C=O) groups is 1. The lowest BCUT2D eigenvalue weighted by atomic mass is 10.0. The van der Waals surface area contributed by atoms with Crippen LogP contribution in [0.5, 0.6) is 0 Å². The summed E-state index contributed by atoms with van der Waals surface area (Å²) in [5.41, 5.74) is 1.33. The zero-order valence-electron chi connectivity index (χ0n) is 13.9. The van der Waals surface area contributed by atoms with Crippen LogP contribution < -0.4 is 10.6 Å². The van der Waals surface area contributed by atoms with Crippen LogP contribution in [0.3, 0.4) is 0 Å². The van der Waals surface area contributed by atoms with Gasteiger partial charge in [0, 0.05) is 31.0 Å². The van der Waals surface area contributed by atoms with E-state index in [1.807, 2.05) is 11.3 Å². The summed E-state index contributed by atoms with van der Waals surface area (Å²) in [7, 11) is 1.74. The van der Waals surface area contributed by atoms with Crippen molar-refractivity contribution in [3.63, 3.8) is 0 Å². The number of hydrogen-bond acceptors (Lipinski definition) is 4. The third kappa shape index (κ3) is 4.67. The molecule has 0 saturated heterocycles. The molecule has 1 aromatic heterocycles. The van der Waals surface area contributed by atoms with Crippen molar-refractivity contribution in [3.8, 4) is 0 Å². The van der Waals surface area contributed by atoms with Crippen molar-refractivity contribution in [2.24, 2.45) is 0 Å². The Balaban J connectivity index is 1.32. The van der Waals surface area contributed by atoms with Crippen LogP contribution in [0.25, 0.3) is 0 Å². The van der Waals surface area contributed by atoms with E-state index in [-0.39, 0.29) is 12.1 Å². The number of nitrogens with one attached hydrogen (secondary N) is 2. The van der Waals surface area contributed by atoms with Gasteiger partial charge in [0.05, 0.1) is 16.8 Å². The molecule has 0 aliphatic heterocycles. The Labute approximate surface area is 142 Å². The average molecular weight is 337 g/mol. The van der Waals surface area contributed by atoms with Crippen molar-refractivity contribution in [2.45, 2.75) is 69.9 Å². The van der Waals surface area contributed by atoms with Crippen LogP contribution in [0.2, 0.25) is 0 Å². The minimum atomic E-state index is -0.0508. The monoisotopic (exact) mass is 337 g/mol. The number of methoxy groups -OCH3 is 1. The van der Waals surface area contributed by atoms with Crippen molar-refractivity contribution in [1.82, 2.24) is 15.6 Å². The van der Waals surface area contributed by atoms with Gasteiger partial charge in [0.2, 0.25) is 0 Å². The Hall–Kier alpha value is -1.14. The second kappa shape index (κ2) is 8.11. The van der Waals surface area contributed by atoms with E-state index in [1.54, 1.807) is 7.11 Å². The molecule has 3 rings (SSSR count). The number of urea groups is 1. The van der Waals surface area contributed by atoms with Crippen LogP contribution >= 0.6 is 11.3 Å². The first-order chi connectivity index (χ1) is 11.2. The summed E-state index contributed by atoms with van der Waals surface area (Å²) in [5, 5.41) is 7.23. The Bertz CT molecular complexity index is 508. The molecule has 1 saturated carbocycles. The fourth-order valence-electron chi connectivity index (χ4n) is 3.48. The highest BCUT2D eigenvalue weighted by atomic mass is 32.1. The minimum absolute atomic E-state index is 0.0508. The van der Waals surface area contributed by atoms with E-state index in [1.165, 1.54) is 34.8 Å². The predicted octanol–water partition coefficient (Wildman–Crippen LogP) is 2.82. The molecule has 0 spiro atoms. The van der Waals surface area contributed by atoms with Crippen molar-refractivity contribution < 1.29 is 9.53 Å². The highest BCUT2D eigenvalue weighted by Gasteiger charge is 2.25. The highest BCUT2D eigenvalue weighted by Crippen LogP contribution is 2.27. The standard InChI is InChI=1S/C17H27N3O2S/c1-22-13-9-8-12(11-13)19-17(21)18-10-4-7-16-20-14-5-2-3-6-15(14)23-16/h12-13H,2-11H2,1H3,(H2,18,19,21)/t12-,13+/m0/s1. The van der Waals surface area contributed by atoms with Crippen molar-refractivity contribution in [2.75, 3.05) is 13.7 Å². The summed E-state index contributed by atoms with van der Waals surface area (Å²) in [4.78, 5) is 18.1. The largest absolute Gasteiger partial charge is 0.381 e. The number of carbonyl (C=O) groups excluding carboxylic acids is 1. The molecule has 6 heteroatoms. The molecule has 0 radical (unpaired) electrons. The minimum Gasteiger partial charge on any atom is -0.381 e. The molecule has 2 aliphatic carbocycles. The maximum atomic E-state index is 11.9. The maximum absolute atomic E-state index is 11.9. The van der Waals surface area contributed by atoms with Gasteiger partial charge in [0.15, 0.2) is 0 Å². The lowest BCUT2D eigenvalue weighted by Gasteiger charge is -2.13. The predicted molar refractivity (Wildman–Crippen MR) is 92.0 cm³/mol. The van der Waals surface area contributed by atoms with Crippen LogP contribution in [0.4, 0.5) is 4.79 Å². The zero-order valence-corrected chi connectivity index (χ0v) is 14.7. The lowest BCUT2D eigenvalue weighted by molar-refractivity contribution is 0.107. The number of aromatic nitrogens is 1. The SMILES string of the molecule is CO[C@@H]1CC[C@H](NC(=O)NCCCc2nc3c(s2)CCCC3)C1. The second-order valence-electron chi connectivity index (χ2n) is 6.56. The van der Waals surface area contributed by atoms with Gasteiger partial charge in [-0.25, -0.2) is 9.78 Å². The lowest BCUT2D eigenvalue weighted by Crippen LogP contribution is -2.41. The van der Waals surface area contributed by atoms with Gasteiger partial charge in [0.25, 0.3) is 0 Å². The summed E-state index contributed by atoms with van der Waals surface area (Å²) < 4.78 is 5.33. The van der Waals surface area contributed by atoms with Gasteiger partial charge >= 0.3 is 6.03 Å². The molecule has 0 unspecified atom stereocenters. The quantitative estimate of drug-likeness (QED) is 0.785. The van der Waals surface area contributed by atoms with Crippen molar-refractivity contribution >= 4 is 17.4 Å². The number of nitrogens with zero attached hydrogens (tertiary/aromatic N) is 1. The molecule has 2 atom stereocenters. The fourth-order valence-corrected chi connectivity index (χ4v) is 4.67. The molecular formula is C17H27N3O2S. The van der Waals surface area contributed by atoms with Crippen LogP contribution in [0.1, 0.15) is 54.1 Å². The molecule has 2 aliphatic rings. The second-order valence-corrected chi connectivity index (χ2v) is 7.72. The highest BCUT2D eigenvalue weighted by molar-refractivity contribution is 7.11. The first-order valence-corrected chi connectivity index (χ1v) is 9.61. The fraction of sp³-hybridized carbons (Fsp3) is 0.765. The van der Waals surface area contributed by atoms with E-state index in [4.69, 9.17) is 9.72 Å². The van der Waals surface area contributed by atoms with Gasteiger partial charge in [-0.2, -0.15) is 0 Å². The third-order valence-electron chi connectivity index (χ3n) is 4.80. The van der Waals surface area contributed by atoms with E-state index in [0.29, 0.717) is 12.6 Å². The molecule has 1 heterocycles. The van der Waals surface area contributed by atoms with E-state index >= 15 is 0 Å². The number of rotatable bonds is 6. The van der Waals surface area contributed by atoms with Crippen LogP contribution in [0.15, 0.2) is 0 Å². The Morgan fingerprint density at radius 1 is 1.35 bits per heavy atom. The van der Waals surface area contributed by atoms with Gasteiger partial charge in [-0.15, -0.1) is 11.3 Å². The zero-order chi connectivity index (χ0) is 16.1. The Morgan fingerprint density at radius 3 is 3.00 bits per heavy atom. The average Bonchev–Trinajstić information content (AvgIpc) is 3.17. The summed E-state index contributed by atoms with van der Waals surface area (Å²) in [6.07, 6.45) is 10.1. The van der Waals surface area contributed by atoms with Crippen LogP contribution in [0, 0.1) is 0 Å². The number of aryl methyl sites for hydroxylation is 3. The third-order valence-corrected chi connectivity index (χ3v) is 6.01. The maximum Gasteiger partial charge on any atom is 0.315 e. The molecule has 2 N–H and O–H groups in total. The molecule has 23 heavy (non-hydrogen) atoms. The van der Waals surface area contributed by atoms with Gasteiger partial charge in [-0.1, -0.05) is 0 Å². The van der Waals surface area contributed by atoms with E-state index in [9.17, 15) is 4.79 Å². The van der Waals surface area contributed by atoms with Crippen molar-refractivity contribution in [3.05, 3.63) is 15.6 Å². The summed E-state index contributed by atoms with van der Waals surface area (Å²) in [5.74, 6) is 0. The molecule has 1 fully saturated rings. The Kier molecular flexibility index (Phi) is 5.89. The van der Waals surface area contributed by atoms with Gasteiger partial charge in [0.1, 0.15) is 0 Å². The normalized spacial score (nSPS) is 23.5. The molecule has 1 aromatic rings. The Morgan fingerprint density at radius 2 is 2.22 bits per heavy atom. The molecule has 0 bridgehead atoms. The summed E-state index contributed by atoms with van der Waals surface area (Å²) >= 11 is 1.87. The van der Waals surface area contributed by atoms with Crippen molar-refractivity contribution in [1.29, 1.82) is 0 Å². The topological polar surface area (TPSA) is 63.2 Å². The molecule has 128 valence electrons. The number of fused-ring (bicyclic) bond motifs is 1. The van der Waals surface area contributed by atoms with E-state index < -0.39 is 0 Å². The summed E-state index contributed by atoms with van der Waals surface area (Å²) in [6, 6.07) is 0.204. The number of ether oxygens (including phenoxy) is 1. The molecule has 0 aromatic carbocycles. The molecule has 5 nitrogen and oxygen atoms in total. The number of amides is 2. The van der Waals surface area contributed by atoms with Gasteiger partial charge < -0.3 is 15.4 Å². The van der Waals surface area contributed by atoms with Gasteiger partial charge in [-0.05, 0) is 51.4 Å². The molecular weight excluding hydrogens is 310 g/mol. The van der Waals surface area contributed by atoms with Gasteiger partial charge in [-0.3, -0.25) is 0 Å².